The Labute approximate surface area is 143 Å². The van der Waals surface area contributed by atoms with Gasteiger partial charge < -0.3 is 9.47 Å². The van der Waals surface area contributed by atoms with E-state index in [0.717, 1.165) is 22.8 Å². The number of rotatable bonds is 5. The minimum atomic E-state index is -0.291. The third-order valence-corrected chi connectivity index (χ3v) is 3.96. The Balaban J connectivity index is 1.79. The minimum absolute atomic E-state index is 0.291. The third-order valence-electron chi connectivity index (χ3n) is 3.33. The van der Waals surface area contributed by atoms with E-state index in [1.807, 2.05) is 24.3 Å². The van der Waals surface area contributed by atoms with E-state index in [2.05, 4.69) is 14.7 Å². The first-order chi connectivity index (χ1) is 11.7. The number of amides is 1. The fourth-order valence-corrected chi connectivity index (χ4v) is 2.74. The van der Waals surface area contributed by atoms with Crippen LogP contribution in [0.2, 0.25) is 0 Å². The summed E-state index contributed by atoms with van der Waals surface area (Å²) < 4.78 is 14.7. The number of carbonyl (C=O) groups is 1. The molecule has 0 saturated heterocycles. The van der Waals surface area contributed by atoms with Crippen LogP contribution in [0.25, 0.3) is 11.4 Å². The van der Waals surface area contributed by atoms with Crippen molar-refractivity contribution in [2.75, 3.05) is 19.5 Å². The van der Waals surface area contributed by atoms with Gasteiger partial charge in [-0.15, -0.1) is 0 Å². The molecule has 0 unspecified atom stereocenters. The van der Waals surface area contributed by atoms with Crippen LogP contribution in [0.15, 0.2) is 48.5 Å². The zero-order chi connectivity index (χ0) is 16.9. The summed E-state index contributed by atoms with van der Waals surface area (Å²) >= 11 is 1.12. The lowest BCUT2D eigenvalue weighted by molar-refractivity contribution is 0.102. The Kier molecular flexibility index (Phi) is 4.72. The van der Waals surface area contributed by atoms with Crippen LogP contribution in [-0.4, -0.2) is 29.5 Å². The number of nitrogens with zero attached hydrogens (tertiary/aromatic N) is 2. The molecular weight excluding hydrogens is 326 g/mol. The molecular formula is C17H15N3O3S. The van der Waals surface area contributed by atoms with E-state index in [-0.39, 0.29) is 5.91 Å². The summed E-state index contributed by atoms with van der Waals surface area (Å²) in [5.41, 5.74) is 1.27. The molecule has 122 valence electrons. The van der Waals surface area contributed by atoms with Gasteiger partial charge in [-0.1, -0.05) is 24.3 Å². The van der Waals surface area contributed by atoms with E-state index >= 15 is 0 Å². The second-order valence-electron chi connectivity index (χ2n) is 4.81. The van der Waals surface area contributed by atoms with Gasteiger partial charge in [0.05, 0.1) is 19.8 Å². The maximum Gasteiger partial charge on any atom is 0.261 e. The van der Waals surface area contributed by atoms with E-state index in [1.165, 1.54) is 7.11 Å². The highest BCUT2D eigenvalue weighted by Gasteiger charge is 2.14. The number of methoxy groups -OCH3 is 2. The van der Waals surface area contributed by atoms with Crippen molar-refractivity contribution in [3.05, 3.63) is 54.1 Å². The molecule has 0 bridgehead atoms. The maximum absolute atomic E-state index is 12.4. The summed E-state index contributed by atoms with van der Waals surface area (Å²) in [6, 6.07) is 14.4. The second kappa shape index (κ2) is 7.10. The Morgan fingerprint density at radius 3 is 2.71 bits per heavy atom. The average Bonchev–Trinajstić information content (AvgIpc) is 3.10. The molecule has 7 heteroatoms. The van der Waals surface area contributed by atoms with Crippen molar-refractivity contribution in [3.63, 3.8) is 0 Å². The molecule has 0 saturated carbocycles. The first-order valence-corrected chi connectivity index (χ1v) is 7.91. The molecule has 0 spiro atoms. The molecule has 0 atom stereocenters. The number of aromatic nitrogens is 2. The lowest BCUT2D eigenvalue weighted by atomic mass is 10.2. The highest BCUT2D eigenvalue weighted by atomic mass is 32.1. The molecule has 1 aromatic heterocycles. The lowest BCUT2D eigenvalue weighted by Crippen LogP contribution is -2.12. The summed E-state index contributed by atoms with van der Waals surface area (Å²) in [7, 11) is 3.13. The van der Waals surface area contributed by atoms with Gasteiger partial charge in [0.25, 0.3) is 5.91 Å². The molecule has 3 rings (SSSR count). The summed E-state index contributed by atoms with van der Waals surface area (Å²) in [5.74, 6) is 1.48. The molecule has 0 fully saturated rings. The van der Waals surface area contributed by atoms with Crippen LogP contribution in [0.5, 0.6) is 11.5 Å². The van der Waals surface area contributed by atoms with Crippen LogP contribution in [0, 0.1) is 0 Å². The Bertz CT molecular complexity index is 864. The SMILES string of the molecule is COc1cccc(-c2nsc(NC(=O)c3ccccc3OC)n2)c1. The quantitative estimate of drug-likeness (QED) is 0.769. The lowest BCUT2D eigenvalue weighted by Gasteiger charge is -2.06. The van der Waals surface area contributed by atoms with E-state index in [0.29, 0.717) is 22.3 Å². The third kappa shape index (κ3) is 3.36. The first-order valence-electron chi connectivity index (χ1n) is 7.14. The summed E-state index contributed by atoms with van der Waals surface area (Å²) in [6.07, 6.45) is 0. The summed E-state index contributed by atoms with van der Waals surface area (Å²) in [4.78, 5) is 16.7. The van der Waals surface area contributed by atoms with Gasteiger partial charge in [0.2, 0.25) is 5.13 Å². The molecule has 6 nitrogen and oxygen atoms in total. The van der Waals surface area contributed by atoms with Crippen LogP contribution in [0.1, 0.15) is 10.4 Å². The van der Waals surface area contributed by atoms with Crippen molar-refractivity contribution in [1.29, 1.82) is 0 Å². The van der Waals surface area contributed by atoms with Crippen molar-refractivity contribution < 1.29 is 14.3 Å². The van der Waals surface area contributed by atoms with Crippen LogP contribution in [0.3, 0.4) is 0 Å². The van der Waals surface area contributed by atoms with Gasteiger partial charge in [-0.2, -0.15) is 9.36 Å². The van der Waals surface area contributed by atoms with Gasteiger partial charge in [0.1, 0.15) is 11.5 Å². The van der Waals surface area contributed by atoms with Gasteiger partial charge >= 0.3 is 0 Å². The normalized spacial score (nSPS) is 10.2. The first kappa shape index (κ1) is 15.9. The number of hydrogen-bond acceptors (Lipinski definition) is 6. The van der Waals surface area contributed by atoms with E-state index in [4.69, 9.17) is 9.47 Å². The summed E-state index contributed by atoms with van der Waals surface area (Å²) in [5, 5.41) is 3.17. The number of anilines is 1. The highest BCUT2D eigenvalue weighted by Crippen LogP contribution is 2.25. The van der Waals surface area contributed by atoms with Crippen LogP contribution >= 0.6 is 11.5 Å². The molecule has 0 aliphatic heterocycles. The van der Waals surface area contributed by atoms with E-state index in [1.54, 1.807) is 31.4 Å². The molecule has 1 N–H and O–H groups in total. The number of ether oxygens (including phenoxy) is 2. The number of benzene rings is 2. The predicted octanol–water partition coefficient (Wildman–Crippen LogP) is 3.47. The second-order valence-corrected chi connectivity index (χ2v) is 5.56. The molecule has 0 aliphatic rings. The van der Waals surface area contributed by atoms with Gasteiger partial charge in [-0.3, -0.25) is 10.1 Å². The van der Waals surface area contributed by atoms with Crippen LogP contribution in [-0.2, 0) is 0 Å². The van der Waals surface area contributed by atoms with Crippen molar-refractivity contribution in [2.45, 2.75) is 0 Å². The van der Waals surface area contributed by atoms with Gasteiger partial charge in [0.15, 0.2) is 5.82 Å². The standard InChI is InChI=1S/C17H15N3O3S/c1-22-12-7-5-6-11(10-12)15-18-17(24-20-15)19-16(21)13-8-3-4-9-14(13)23-2/h3-10H,1-2H3,(H,18,19,20,21). The molecule has 0 aliphatic carbocycles. The minimum Gasteiger partial charge on any atom is -0.497 e. The fourth-order valence-electron chi connectivity index (χ4n) is 2.15. The number of para-hydroxylation sites is 1. The van der Waals surface area contributed by atoms with Crippen molar-refractivity contribution in [2.24, 2.45) is 0 Å². The van der Waals surface area contributed by atoms with E-state index in [9.17, 15) is 4.79 Å². The summed E-state index contributed by atoms with van der Waals surface area (Å²) in [6.45, 7) is 0. The largest absolute Gasteiger partial charge is 0.497 e. The van der Waals surface area contributed by atoms with Crippen molar-refractivity contribution in [3.8, 4) is 22.9 Å². The molecule has 1 heterocycles. The Hall–Kier alpha value is -2.93. The molecule has 2 aromatic carbocycles. The Morgan fingerprint density at radius 2 is 1.92 bits per heavy atom. The molecule has 24 heavy (non-hydrogen) atoms. The van der Waals surface area contributed by atoms with Gasteiger partial charge in [-0.25, -0.2) is 0 Å². The highest BCUT2D eigenvalue weighted by molar-refractivity contribution is 7.10. The maximum atomic E-state index is 12.4. The fraction of sp³-hybridized carbons (Fsp3) is 0.118. The van der Waals surface area contributed by atoms with Gasteiger partial charge in [0, 0.05) is 17.1 Å². The smallest absolute Gasteiger partial charge is 0.261 e. The molecule has 0 radical (unpaired) electrons. The number of carbonyl (C=O) groups excluding carboxylic acids is 1. The number of hydrogen-bond donors (Lipinski definition) is 1. The van der Waals surface area contributed by atoms with Crippen molar-refractivity contribution >= 4 is 22.6 Å². The monoisotopic (exact) mass is 341 g/mol. The average molecular weight is 341 g/mol. The zero-order valence-corrected chi connectivity index (χ0v) is 14.0. The molecule has 3 aromatic rings. The zero-order valence-electron chi connectivity index (χ0n) is 13.1. The molecule has 1 amide bonds. The topological polar surface area (TPSA) is 73.3 Å². The predicted molar refractivity (Wildman–Crippen MR) is 92.8 cm³/mol. The number of nitrogens with one attached hydrogen (secondary N) is 1. The van der Waals surface area contributed by atoms with Crippen LogP contribution in [0.4, 0.5) is 5.13 Å². The van der Waals surface area contributed by atoms with E-state index < -0.39 is 0 Å². The van der Waals surface area contributed by atoms with Crippen LogP contribution < -0.4 is 14.8 Å². The van der Waals surface area contributed by atoms with Crippen molar-refractivity contribution in [1.82, 2.24) is 9.36 Å². The van der Waals surface area contributed by atoms with Gasteiger partial charge in [-0.05, 0) is 24.3 Å². The Morgan fingerprint density at radius 1 is 1.08 bits per heavy atom.